The van der Waals surface area contributed by atoms with Gasteiger partial charge in [0, 0.05) is 12.6 Å². The summed E-state index contributed by atoms with van der Waals surface area (Å²) in [5.74, 6) is 0. The molecule has 88 valence electrons. The second kappa shape index (κ2) is 4.95. The van der Waals surface area contributed by atoms with Crippen LogP contribution in [0.3, 0.4) is 0 Å². The molecule has 1 saturated heterocycles. The molecule has 0 amide bonds. The van der Waals surface area contributed by atoms with Gasteiger partial charge in [-0.25, -0.2) is 0 Å². The molecule has 1 aromatic rings. The molecule has 0 aliphatic carbocycles. The molecule has 0 saturated carbocycles. The van der Waals surface area contributed by atoms with Crippen molar-refractivity contribution in [2.24, 2.45) is 0 Å². The molecule has 1 fully saturated rings. The third-order valence-corrected chi connectivity index (χ3v) is 3.18. The van der Waals surface area contributed by atoms with Gasteiger partial charge in [0.1, 0.15) is 0 Å². The van der Waals surface area contributed by atoms with E-state index in [1.165, 1.54) is 0 Å². The van der Waals surface area contributed by atoms with Crippen LogP contribution in [0, 0.1) is 0 Å². The monoisotopic (exact) mass is 221 g/mol. The lowest BCUT2D eigenvalue weighted by atomic mass is 9.92. The molecular formula is C13H19NO2. The van der Waals surface area contributed by atoms with E-state index in [0.29, 0.717) is 6.04 Å². The minimum atomic E-state index is -0.375. The van der Waals surface area contributed by atoms with Gasteiger partial charge < -0.3 is 15.2 Å². The summed E-state index contributed by atoms with van der Waals surface area (Å²) in [7, 11) is 0. The molecule has 2 atom stereocenters. The molecule has 16 heavy (non-hydrogen) atoms. The van der Waals surface area contributed by atoms with Gasteiger partial charge in [-0.1, -0.05) is 30.3 Å². The quantitative estimate of drug-likeness (QED) is 0.804. The van der Waals surface area contributed by atoms with Crippen LogP contribution in [0.4, 0.5) is 0 Å². The average molecular weight is 221 g/mol. The van der Waals surface area contributed by atoms with Crippen molar-refractivity contribution in [3.63, 3.8) is 0 Å². The summed E-state index contributed by atoms with van der Waals surface area (Å²) in [6, 6.07) is 10.4. The van der Waals surface area contributed by atoms with Crippen molar-refractivity contribution in [3.05, 3.63) is 35.9 Å². The van der Waals surface area contributed by atoms with Crippen LogP contribution in [-0.4, -0.2) is 31.0 Å². The maximum Gasteiger partial charge on any atom is 0.0652 e. The number of hydrogen-bond acceptors (Lipinski definition) is 3. The van der Waals surface area contributed by atoms with Crippen molar-refractivity contribution in [2.75, 3.05) is 19.8 Å². The molecule has 1 aliphatic rings. The number of aliphatic hydroxyl groups is 1. The molecule has 1 heterocycles. The number of hydrogen-bond donors (Lipinski definition) is 2. The second-order valence-electron chi connectivity index (χ2n) is 4.56. The Labute approximate surface area is 96.4 Å². The molecule has 0 bridgehead atoms. The Morgan fingerprint density at radius 2 is 2.19 bits per heavy atom. The number of rotatable bonds is 4. The Morgan fingerprint density at radius 3 is 2.75 bits per heavy atom. The van der Waals surface area contributed by atoms with E-state index in [0.717, 1.165) is 25.2 Å². The molecule has 0 radical (unpaired) electrons. The highest BCUT2D eigenvalue weighted by atomic mass is 16.5. The maximum absolute atomic E-state index is 9.60. The summed E-state index contributed by atoms with van der Waals surface area (Å²) in [6.07, 6.45) is 1.02. The van der Waals surface area contributed by atoms with Crippen LogP contribution in [-0.2, 0) is 10.3 Å². The van der Waals surface area contributed by atoms with Crippen molar-refractivity contribution in [3.8, 4) is 0 Å². The Kier molecular flexibility index (Phi) is 3.59. The van der Waals surface area contributed by atoms with E-state index in [9.17, 15) is 5.11 Å². The van der Waals surface area contributed by atoms with Crippen molar-refractivity contribution < 1.29 is 9.84 Å². The van der Waals surface area contributed by atoms with Crippen LogP contribution in [0.15, 0.2) is 30.3 Å². The first-order valence-corrected chi connectivity index (χ1v) is 5.76. The zero-order valence-corrected chi connectivity index (χ0v) is 9.65. The summed E-state index contributed by atoms with van der Waals surface area (Å²) in [5, 5.41) is 13.1. The second-order valence-corrected chi connectivity index (χ2v) is 4.56. The predicted octanol–water partition coefficient (Wildman–Crippen LogP) is 1.27. The van der Waals surface area contributed by atoms with Gasteiger partial charge in [-0.3, -0.25) is 0 Å². The van der Waals surface area contributed by atoms with E-state index in [1.54, 1.807) is 0 Å². The Bertz CT molecular complexity index is 322. The highest BCUT2D eigenvalue weighted by Gasteiger charge is 2.29. The number of benzene rings is 1. The highest BCUT2D eigenvalue weighted by Crippen LogP contribution is 2.22. The topological polar surface area (TPSA) is 41.5 Å². The summed E-state index contributed by atoms with van der Waals surface area (Å²) in [4.78, 5) is 0. The Balaban J connectivity index is 2.12. The maximum atomic E-state index is 9.60. The molecule has 1 aliphatic heterocycles. The third-order valence-electron chi connectivity index (χ3n) is 3.18. The average Bonchev–Trinajstić information content (AvgIpc) is 2.83. The standard InChI is InChI=1S/C13H19NO2/c1-13(10-15,11-5-3-2-4-6-11)14-12-7-8-16-9-12/h2-6,12,14-15H,7-10H2,1H3. The molecule has 2 rings (SSSR count). The van der Waals surface area contributed by atoms with Crippen LogP contribution in [0.2, 0.25) is 0 Å². The van der Waals surface area contributed by atoms with Crippen LogP contribution in [0.25, 0.3) is 0 Å². The zero-order chi connectivity index (χ0) is 11.4. The van der Waals surface area contributed by atoms with Gasteiger partial charge in [0.05, 0.1) is 18.8 Å². The van der Waals surface area contributed by atoms with Crippen molar-refractivity contribution >= 4 is 0 Å². The molecule has 2 N–H and O–H groups in total. The molecule has 1 aromatic carbocycles. The molecule has 2 unspecified atom stereocenters. The lowest BCUT2D eigenvalue weighted by molar-refractivity contribution is 0.146. The van der Waals surface area contributed by atoms with Crippen LogP contribution < -0.4 is 5.32 Å². The van der Waals surface area contributed by atoms with Gasteiger partial charge in [0.15, 0.2) is 0 Å². The lowest BCUT2D eigenvalue weighted by Crippen LogP contribution is -2.48. The number of aliphatic hydroxyl groups excluding tert-OH is 1. The summed E-state index contributed by atoms with van der Waals surface area (Å²) in [5.41, 5.74) is 0.740. The van der Waals surface area contributed by atoms with Gasteiger partial charge >= 0.3 is 0 Å². The molecule has 0 aromatic heterocycles. The lowest BCUT2D eigenvalue weighted by Gasteiger charge is -2.32. The highest BCUT2D eigenvalue weighted by molar-refractivity contribution is 5.24. The fourth-order valence-electron chi connectivity index (χ4n) is 2.13. The number of ether oxygens (including phenoxy) is 1. The van der Waals surface area contributed by atoms with Gasteiger partial charge in [-0.15, -0.1) is 0 Å². The van der Waals surface area contributed by atoms with E-state index in [2.05, 4.69) is 5.32 Å². The van der Waals surface area contributed by atoms with E-state index in [4.69, 9.17) is 4.74 Å². The van der Waals surface area contributed by atoms with E-state index >= 15 is 0 Å². The summed E-state index contributed by atoms with van der Waals surface area (Å²) in [6.45, 7) is 3.67. The molecular weight excluding hydrogens is 202 g/mol. The van der Waals surface area contributed by atoms with Gasteiger partial charge in [-0.05, 0) is 18.9 Å². The zero-order valence-electron chi connectivity index (χ0n) is 9.65. The largest absolute Gasteiger partial charge is 0.394 e. The Hall–Kier alpha value is -0.900. The third kappa shape index (κ3) is 2.43. The molecule has 3 heteroatoms. The van der Waals surface area contributed by atoms with Crippen molar-refractivity contribution in [1.82, 2.24) is 5.32 Å². The van der Waals surface area contributed by atoms with E-state index in [1.807, 2.05) is 37.3 Å². The van der Waals surface area contributed by atoms with Gasteiger partial charge in [-0.2, -0.15) is 0 Å². The van der Waals surface area contributed by atoms with Crippen LogP contribution in [0.1, 0.15) is 18.9 Å². The van der Waals surface area contributed by atoms with Crippen molar-refractivity contribution in [2.45, 2.75) is 24.9 Å². The minimum absolute atomic E-state index is 0.0908. The van der Waals surface area contributed by atoms with E-state index in [-0.39, 0.29) is 12.1 Å². The Morgan fingerprint density at radius 1 is 1.44 bits per heavy atom. The van der Waals surface area contributed by atoms with Crippen molar-refractivity contribution in [1.29, 1.82) is 0 Å². The molecule has 3 nitrogen and oxygen atoms in total. The first kappa shape index (κ1) is 11.6. The summed E-state index contributed by atoms with van der Waals surface area (Å²) < 4.78 is 5.34. The SMILES string of the molecule is CC(CO)(NC1CCOC1)c1ccccc1. The minimum Gasteiger partial charge on any atom is -0.394 e. The number of nitrogens with one attached hydrogen (secondary N) is 1. The van der Waals surface area contributed by atoms with Gasteiger partial charge in [0.25, 0.3) is 0 Å². The fraction of sp³-hybridized carbons (Fsp3) is 0.538. The first-order valence-electron chi connectivity index (χ1n) is 5.76. The fourth-order valence-corrected chi connectivity index (χ4v) is 2.13. The van der Waals surface area contributed by atoms with Gasteiger partial charge in [0.2, 0.25) is 0 Å². The van der Waals surface area contributed by atoms with Crippen LogP contribution >= 0.6 is 0 Å². The molecule has 0 spiro atoms. The smallest absolute Gasteiger partial charge is 0.0652 e. The normalized spacial score (nSPS) is 24.2. The van der Waals surface area contributed by atoms with Crippen LogP contribution in [0.5, 0.6) is 0 Å². The summed E-state index contributed by atoms with van der Waals surface area (Å²) >= 11 is 0. The predicted molar refractivity (Wildman–Crippen MR) is 63.2 cm³/mol. The first-order chi connectivity index (χ1) is 7.74. The van der Waals surface area contributed by atoms with E-state index < -0.39 is 0 Å².